The Kier molecular flexibility index (Phi) is 5.16. The van der Waals surface area contributed by atoms with E-state index in [1.54, 1.807) is 0 Å². The van der Waals surface area contributed by atoms with Crippen molar-refractivity contribution in [3.63, 3.8) is 0 Å². The van der Waals surface area contributed by atoms with Crippen LogP contribution >= 0.6 is 0 Å². The molecule has 0 spiro atoms. The first-order valence-electron chi connectivity index (χ1n) is 10.0. The lowest BCUT2D eigenvalue weighted by Crippen LogP contribution is -2.19. The van der Waals surface area contributed by atoms with E-state index in [0.29, 0.717) is 5.92 Å². The predicted octanol–water partition coefficient (Wildman–Crippen LogP) is 4.79. The molecule has 142 valence electrons. The number of hydrogen-bond acceptors (Lipinski definition) is 3. The SMILES string of the molecule is C#Cc1ccc(C2CCn3c(nnc3-c3ccc(C)c(NCCC)c3)C2)cc1. The highest BCUT2D eigenvalue weighted by molar-refractivity contribution is 5.65. The van der Waals surface area contributed by atoms with Crippen molar-refractivity contribution >= 4 is 5.69 Å². The van der Waals surface area contributed by atoms with E-state index in [-0.39, 0.29) is 0 Å². The van der Waals surface area contributed by atoms with Gasteiger partial charge in [0.05, 0.1) is 0 Å². The van der Waals surface area contributed by atoms with Gasteiger partial charge in [0, 0.05) is 36.3 Å². The van der Waals surface area contributed by atoms with Crippen LogP contribution in [0.3, 0.4) is 0 Å². The maximum Gasteiger partial charge on any atom is 0.164 e. The van der Waals surface area contributed by atoms with Crippen molar-refractivity contribution in [2.75, 3.05) is 11.9 Å². The normalized spacial score (nSPS) is 15.7. The van der Waals surface area contributed by atoms with E-state index >= 15 is 0 Å². The summed E-state index contributed by atoms with van der Waals surface area (Å²) in [5, 5.41) is 12.6. The molecule has 1 unspecified atom stereocenters. The minimum atomic E-state index is 0.469. The fraction of sp³-hybridized carbons (Fsp3) is 0.333. The molecule has 0 radical (unpaired) electrons. The summed E-state index contributed by atoms with van der Waals surface area (Å²) in [4.78, 5) is 0. The zero-order valence-corrected chi connectivity index (χ0v) is 16.6. The van der Waals surface area contributed by atoms with Crippen LogP contribution in [0.5, 0.6) is 0 Å². The molecule has 1 aliphatic rings. The first-order valence-corrected chi connectivity index (χ1v) is 10.0. The van der Waals surface area contributed by atoms with Gasteiger partial charge in [0.1, 0.15) is 5.82 Å². The van der Waals surface area contributed by atoms with Gasteiger partial charge in [-0.2, -0.15) is 0 Å². The van der Waals surface area contributed by atoms with Crippen molar-refractivity contribution < 1.29 is 0 Å². The minimum absolute atomic E-state index is 0.469. The number of nitrogens with one attached hydrogen (secondary N) is 1. The van der Waals surface area contributed by atoms with Gasteiger partial charge in [-0.25, -0.2) is 0 Å². The Balaban J connectivity index is 1.58. The molecule has 1 aliphatic heterocycles. The molecule has 0 saturated carbocycles. The zero-order valence-electron chi connectivity index (χ0n) is 16.6. The van der Waals surface area contributed by atoms with E-state index < -0.39 is 0 Å². The van der Waals surface area contributed by atoms with Crippen LogP contribution in [0.1, 0.15) is 48.2 Å². The van der Waals surface area contributed by atoms with E-state index in [4.69, 9.17) is 6.42 Å². The molecule has 4 rings (SSSR count). The molecule has 1 atom stereocenters. The fourth-order valence-corrected chi connectivity index (χ4v) is 3.89. The number of benzene rings is 2. The molecule has 2 aromatic carbocycles. The molecule has 0 aliphatic carbocycles. The van der Waals surface area contributed by atoms with E-state index in [2.05, 4.69) is 70.2 Å². The Labute approximate surface area is 167 Å². The Hall–Kier alpha value is -3.06. The van der Waals surface area contributed by atoms with Gasteiger partial charge in [-0.15, -0.1) is 16.6 Å². The van der Waals surface area contributed by atoms with Crippen molar-refractivity contribution in [3.05, 3.63) is 65.0 Å². The van der Waals surface area contributed by atoms with Crippen molar-refractivity contribution in [1.82, 2.24) is 14.8 Å². The van der Waals surface area contributed by atoms with Gasteiger partial charge in [0.15, 0.2) is 5.82 Å². The van der Waals surface area contributed by atoms with Crippen LogP contribution in [0.15, 0.2) is 42.5 Å². The summed E-state index contributed by atoms with van der Waals surface area (Å²) in [5.41, 5.74) is 5.82. The largest absolute Gasteiger partial charge is 0.385 e. The minimum Gasteiger partial charge on any atom is -0.385 e. The highest BCUT2D eigenvalue weighted by atomic mass is 15.3. The maximum atomic E-state index is 5.47. The number of anilines is 1. The Morgan fingerprint density at radius 3 is 2.75 bits per heavy atom. The number of fused-ring (bicyclic) bond motifs is 1. The van der Waals surface area contributed by atoms with E-state index in [0.717, 1.165) is 55.1 Å². The van der Waals surface area contributed by atoms with Crippen molar-refractivity contribution in [3.8, 4) is 23.7 Å². The lowest BCUT2D eigenvalue weighted by molar-refractivity contribution is 0.468. The summed E-state index contributed by atoms with van der Waals surface area (Å²) in [6.07, 6.45) is 8.57. The van der Waals surface area contributed by atoms with Gasteiger partial charge in [0.2, 0.25) is 0 Å². The second kappa shape index (κ2) is 7.90. The van der Waals surface area contributed by atoms with Crippen LogP contribution < -0.4 is 5.32 Å². The zero-order chi connectivity index (χ0) is 19.5. The standard InChI is InChI=1S/C24H26N4/c1-4-13-25-22-15-21(9-6-17(22)3)24-27-26-23-16-20(12-14-28(23)24)19-10-7-18(5-2)8-11-19/h2,6-11,15,20,25H,4,12-14,16H2,1,3H3. The van der Waals surface area contributed by atoms with Crippen molar-refractivity contribution in [2.45, 2.75) is 45.6 Å². The van der Waals surface area contributed by atoms with Gasteiger partial charge in [-0.1, -0.05) is 37.1 Å². The number of nitrogens with zero attached hydrogens (tertiary/aromatic N) is 3. The average molecular weight is 371 g/mol. The number of hydrogen-bond donors (Lipinski definition) is 1. The highest BCUT2D eigenvalue weighted by Gasteiger charge is 2.24. The number of aromatic nitrogens is 3. The second-order valence-corrected chi connectivity index (χ2v) is 7.50. The molecule has 0 amide bonds. The lowest BCUT2D eigenvalue weighted by atomic mass is 9.89. The molecule has 0 saturated heterocycles. The van der Waals surface area contributed by atoms with E-state index in [1.807, 2.05) is 12.1 Å². The van der Waals surface area contributed by atoms with E-state index in [1.165, 1.54) is 16.8 Å². The number of rotatable bonds is 5. The molecule has 1 N–H and O–H groups in total. The summed E-state index contributed by atoms with van der Waals surface area (Å²) in [7, 11) is 0. The van der Waals surface area contributed by atoms with Crippen LogP contribution in [0.2, 0.25) is 0 Å². The molecule has 28 heavy (non-hydrogen) atoms. The maximum absolute atomic E-state index is 5.47. The smallest absolute Gasteiger partial charge is 0.164 e. The van der Waals surface area contributed by atoms with Crippen LogP contribution in [-0.4, -0.2) is 21.3 Å². The topological polar surface area (TPSA) is 42.7 Å². The van der Waals surface area contributed by atoms with Crippen molar-refractivity contribution in [2.24, 2.45) is 0 Å². The van der Waals surface area contributed by atoms with Crippen LogP contribution in [-0.2, 0) is 13.0 Å². The van der Waals surface area contributed by atoms with Gasteiger partial charge < -0.3 is 9.88 Å². The molecule has 1 aromatic heterocycles. The third kappa shape index (κ3) is 3.53. The monoisotopic (exact) mass is 370 g/mol. The van der Waals surface area contributed by atoms with Gasteiger partial charge in [-0.3, -0.25) is 0 Å². The summed E-state index contributed by atoms with van der Waals surface area (Å²) in [6, 6.07) is 14.9. The molecule has 3 aromatic rings. The number of terminal acetylenes is 1. The number of aryl methyl sites for hydroxylation is 1. The van der Waals surface area contributed by atoms with Gasteiger partial charge in [-0.05, 0) is 55.0 Å². The summed E-state index contributed by atoms with van der Waals surface area (Å²) >= 11 is 0. The third-order valence-electron chi connectivity index (χ3n) is 5.57. The summed E-state index contributed by atoms with van der Waals surface area (Å²) in [6.45, 7) is 6.22. The summed E-state index contributed by atoms with van der Waals surface area (Å²) < 4.78 is 2.28. The fourth-order valence-electron chi connectivity index (χ4n) is 3.89. The predicted molar refractivity (Wildman–Crippen MR) is 114 cm³/mol. The summed E-state index contributed by atoms with van der Waals surface area (Å²) in [5.74, 6) is 5.19. The Morgan fingerprint density at radius 1 is 1.18 bits per heavy atom. The quantitative estimate of drug-likeness (QED) is 0.657. The van der Waals surface area contributed by atoms with Gasteiger partial charge in [0.25, 0.3) is 0 Å². The molecule has 2 heterocycles. The molecule has 4 nitrogen and oxygen atoms in total. The van der Waals surface area contributed by atoms with Gasteiger partial charge >= 0.3 is 0 Å². The average Bonchev–Trinajstić information content (AvgIpc) is 3.16. The van der Waals surface area contributed by atoms with Crippen molar-refractivity contribution in [1.29, 1.82) is 0 Å². The molecular formula is C24H26N4. The molecular weight excluding hydrogens is 344 g/mol. The first-order chi connectivity index (χ1) is 13.7. The Morgan fingerprint density at radius 2 is 2.00 bits per heavy atom. The Bertz CT molecular complexity index is 1010. The third-order valence-corrected chi connectivity index (χ3v) is 5.57. The highest BCUT2D eigenvalue weighted by Crippen LogP contribution is 2.32. The van der Waals surface area contributed by atoms with Crippen LogP contribution in [0.4, 0.5) is 5.69 Å². The van der Waals surface area contributed by atoms with Crippen LogP contribution in [0, 0.1) is 19.3 Å². The lowest BCUT2D eigenvalue weighted by Gasteiger charge is -2.24. The van der Waals surface area contributed by atoms with Crippen LogP contribution in [0.25, 0.3) is 11.4 Å². The molecule has 0 bridgehead atoms. The molecule has 4 heteroatoms. The molecule has 0 fully saturated rings. The van der Waals surface area contributed by atoms with E-state index in [9.17, 15) is 0 Å². The second-order valence-electron chi connectivity index (χ2n) is 7.50. The first kappa shape index (κ1) is 18.3.